The Bertz CT molecular complexity index is 727. The normalized spacial score (nSPS) is 10.4. The quantitative estimate of drug-likeness (QED) is 0.495. The van der Waals surface area contributed by atoms with Crippen LogP contribution in [0.5, 0.6) is 5.75 Å². The molecule has 2 rings (SSSR count). The molecule has 7 heteroatoms. The molecule has 0 heterocycles. The maximum atomic E-state index is 11.8. The first-order chi connectivity index (χ1) is 11.6. The van der Waals surface area contributed by atoms with E-state index in [1.807, 2.05) is 0 Å². The van der Waals surface area contributed by atoms with Gasteiger partial charge in [-0.15, -0.1) is 0 Å². The van der Waals surface area contributed by atoms with E-state index in [0.29, 0.717) is 16.3 Å². The van der Waals surface area contributed by atoms with Gasteiger partial charge in [0, 0.05) is 10.6 Å². The predicted octanol–water partition coefficient (Wildman–Crippen LogP) is 2.66. The molecular weight excluding hydrogens is 332 g/mol. The van der Waals surface area contributed by atoms with Crippen LogP contribution < -0.4 is 10.2 Å². The lowest BCUT2D eigenvalue weighted by molar-refractivity contribution is -0.142. The van der Waals surface area contributed by atoms with Gasteiger partial charge in [0.2, 0.25) is 0 Å². The van der Waals surface area contributed by atoms with Gasteiger partial charge in [0.05, 0.1) is 13.3 Å². The van der Waals surface area contributed by atoms with Crippen molar-refractivity contribution in [2.24, 2.45) is 5.10 Å². The molecule has 1 N–H and O–H groups in total. The number of nitrogens with zero attached hydrogens (tertiary/aromatic N) is 1. The maximum absolute atomic E-state index is 11.8. The Morgan fingerprint density at radius 2 is 1.79 bits per heavy atom. The molecule has 0 unspecified atom stereocenters. The van der Waals surface area contributed by atoms with Gasteiger partial charge in [-0.3, -0.25) is 4.79 Å². The lowest BCUT2D eigenvalue weighted by Gasteiger charge is -2.04. The van der Waals surface area contributed by atoms with Crippen molar-refractivity contribution in [2.75, 3.05) is 13.7 Å². The Balaban J connectivity index is 1.86. The molecule has 1 amide bonds. The average molecular weight is 347 g/mol. The van der Waals surface area contributed by atoms with Crippen LogP contribution in [0.1, 0.15) is 15.9 Å². The van der Waals surface area contributed by atoms with E-state index in [-0.39, 0.29) is 12.5 Å². The Morgan fingerprint density at radius 1 is 1.12 bits per heavy atom. The van der Waals surface area contributed by atoms with Crippen molar-refractivity contribution in [1.29, 1.82) is 0 Å². The van der Waals surface area contributed by atoms with Gasteiger partial charge in [0.25, 0.3) is 5.91 Å². The minimum absolute atomic E-state index is 0.152. The van der Waals surface area contributed by atoms with E-state index in [0.717, 1.165) is 5.56 Å². The van der Waals surface area contributed by atoms with Crippen LogP contribution in [0.4, 0.5) is 0 Å². The Kier molecular flexibility index (Phi) is 6.33. The van der Waals surface area contributed by atoms with E-state index in [4.69, 9.17) is 16.3 Å². The molecule has 0 spiro atoms. The van der Waals surface area contributed by atoms with E-state index in [2.05, 4.69) is 15.3 Å². The fraction of sp³-hybridized carbons (Fsp3) is 0.118. The number of esters is 1. The summed E-state index contributed by atoms with van der Waals surface area (Å²) in [6.45, 7) is -0.152. The number of nitrogens with one attached hydrogen (secondary N) is 1. The number of hydrazone groups is 1. The van der Waals surface area contributed by atoms with Crippen LogP contribution in [0.2, 0.25) is 5.02 Å². The van der Waals surface area contributed by atoms with Gasteiger partial charge in [0.1, 0.15) is 5.75 Å². The Hall–Kier alpha value is -2.86. The second-order valence-corrected chi connectivity index (χ2v) is 5.08. The van der Waals surface area contributed by atoms with Crippen molar-refractivity contribution in [3.63, 3.8) is 0 Å². The standard InChI is InChI=1S/C17H15ClN2O4/c1-23-16(21)11-24-15-8-2-12(3-9-15)10-19-20-17(22)13-4-6-14(18)7-5-13/h2-10H,11H2,1H3,(H,20,22)/b19-10+. The van der Waals surface area contributed by atoms with Gasteiger partial charge in [-0.25, -0.2) is 10.2 Å². The molecule has 0 aromatic heterocycles. The lowest BCUT2D eigenvalue weighted by Crippen LogP contribution is -2.17. The molecule has 0 saturated carbocycles. The summed E-state index contributed by atoms with van der Waals surface area (Å²) in [6, 6.07) is 13.3. The number of halogens is 1. The molecule has 0 bridgehead atoms. The highest BCUT2D eigenvalue weighted by atomic mass is 35.5. The van der Waals surface area contributed by atoms with Crippen molar-refractivity contribution in [1.82, 2.24) is 5.43 Å². The number of methoxy groups -OCH3 is 1. The minimum atomic E-state index is -0.453. The number of amides is 1. The summed E-state index contributed by atoms with van der Waals surface area (Å²) in [5.74, 6) is -0.255. The molecule has 2 aromatic rings. The summed E-state index contributed by atoms with van der Waals surface area (Å²) in [5.41, 5.74) is 3.65. The van der Waals surface area contributed by atoms with E-state index in [1.165, 1.54) is 13.3 Å². The van der Waals surface area contributed by atoms with Crippen molar-refractivity contribution < 1.29 is 19.1 Å². The highest BCUT2D eigenvalue weighted by Crippen LogP contribution is 2.11. The predicted molar refractivity (Wildman–Crippen MR) is 90.5 cm³/mol. The van der Waals surface area contributed by atoms with Gasteiger partial charge in [-0.1, -0.05) is 11.6 Å². The topological polar surface area (TPSA) is 77.0 Å². The Morgan fingerprint density at radius 3 is 2.42 bits per heavy atom. The third-order valence-electron chi connectivity index (χ3n) is 2.95. The van der Waals surface area contributed by atoms with E-state index in [1.54, 1.807) is 48.5 Å². The second kappa shape index (κ2) is 8.69. The van der Waals surface area contributed by atoms with Crippen LogP contribution in [0, 0.1) is 0 Å². The smallest absolute Gasteiger partial charge is 0.343 e. The zero-order valence-corrected chi connectivity index (χ0v) is 13.6. The van der Waals surface area contributed by atoms with Crippen molar-refractivity contribution in [3.8, 4) is 5.75 Å². The first kappa shape index (κ1) is 17.5. The highest BCUT2D eigenvalue weighted by molar-refractivity contribution is 6.30. The number of ether oxygens (including phenoxy) is 2. The summed E-state index contributed by atoms with van der Waals surface area (Å²) >= 11 is 5.76. The first-order valence-corrected chi connectivity index (χ1v) is 7.35. The highest BCUT2D eigenvalue weighted by Gasteiger charge is 2.03. The molecule has 24 heavy (non-hydrogen) atoms. The lowest BCUT2D eigenvalue weighted by atomic mass is 10.2. The summed E-state index contributed by atoms with van der Waals surface area (Å²) in [6.07, 6.45) is 1.50. The van der Waals surface area contributed by atoms with Crippen molar-refractivity contribution in [3.05, 3.63) is 64.7 Å². The number of benzene rings is 2. The fourth-order valence-electron chi connectivity index (χ4n) is 1.68. The third kappa shape index (κ3) is 5.40. The van der Waals surface area contributed by atoms with E-state index >= 15 is 0 Å². The van der Waals surface area contributed by atoms with Crippen LogP contribution in [-0.4, -0.2) is 31.8 Å². The van der Waals surface area contributed by atoms with Gasteiger partial charge in [-0.2, -0.15) is 5.10 Å². The summed E-state index contributed by atoms with van der Waals surface area (Å²) in [5, 5.41) is 4.44. The van der Waals surface area contributed by atoms with Crippen LogP contribution in [0.25, 0.3) is 0 Å². The van der Waals surface area contributed by atoms with Crippen molar-refractivity contribution in [2.45, 2.75) is 0 Å². The monoisotopic (exact) mass is 346 g/mol. The van der Waals surface area contributed by atoms with Gasteiger partial charge >= 0.3 is 5.97 Å². The fourth-order valence-corrected chi connectivity index (χ4v) is 1.81. The number of carbonyl (C=O) groups is 2. The van der Waals surface area contributed by atoms with Crippen LogP contribution >= 0.6 is 11.6 Å². The maximum Gasteiger partial charge on any atom is 0.343 e. The molecule has 0 saturated heterocycles. The summed E-state index contributed by atoms with van der Waals surface area (Å²) in [4.78, 5) is 22.8. The zero-order valence-electron chi connectivity index (χ0n) is 12.9. The zero-order chi connectivity index (χ0) is 17.4. The van der Waals surface area contributed by atoms with Gasteiger partial charge < -0.3 is 9.47 Å². The van der Waals surface area contributed by atoms with Crippen LogP contribution in [0.15, 0.2) is 53.6 Å². The van der Waals surface area contributed by atoms with Gasteiger partial charge in [0.15, 0.2) is 6.61 Å². The molecule has 6 nitrogen and oxygen atoms in total. The van der Waals surface area contributed by atoms with E-state index < -0.39 is 5.97 Å². The minimum Gasteiger partial charge on any atom is -0.482 e. The molecule has 0 aliphatic heterocycles. The Labute approximate surface area is 144 Å². The average Bonchev–Trinajstić information content (AvgIpc) is 2.61. The largest absolute Gasteiger partial charge is 0.482 e. The molecule has 0 fully saturated rings. The molecule has 0 radical (unpaired) electrons. The molecule has 0 aliphatic rings. The van der Waals surface area contributed by atoms with Gasteiger partial charge in [-0.05, 0) is 54.1 Å². The second-order valence-electron chi connectivity index (χ2n) is 4.64. The number of carbonyl (C=O) groups excluding carboxylic acids is 2. The SMILES string of the molecule is COC(=O)COc1ccc(/C=N/NC(=O)c2ccc(Cl)cc2)cc1. The first-order valence-electron chi connectivity index (χ1n) is 6.97. The number of hydrogen-bond donors (Lipinski definition) is 1. The molecule has 124 valence electrons. The molecule has 0 atom stereocenters. The van der Waals surface area contributed by atoms with E-state index in [9.17, 15) is 9.59 Å². The number of hydrogen-bond acceptors (Lipinski definition) is 5. The molecule has 0 aliphatic carbocycles. The summed E-state index contributed by atoms with van der Waals surface area (Å²) < 4.78 is 9.71. The molecular formula is C17H15ClN2O4. The summed E-state index contributed by atoms with van der Waals surface area (Å²) in [7, 11) is 1.30. The van der Waals surface area contributed by atoms with Crippen molar-refractivity contribution >= 4 is 29.7 Å². The van der Waals surface area contributed by atoms with Crippen LogP contribution in [-0.2, 0) is 9.53 Å². The molecule has 2 aromatic carbocycles. The number of rotatable bonds is 6. The van der Waals surface area contributed by atoms with Crippen LogP contribution in [0.3, 0.4) is 0 Å². The third-order valence-corrected chi connectivity index (χ3v) is 3.20.